The highest BCUT2D eigenvalue weighted by Crippen LogP contribution is 2.28. The van der Waals surface area contributed by atoms with Gasteiger partial charge in [0.2, 0.25) is 0 Å². The molecule has 0 amide bonds. The summed E-state index contributed by atoms with van der Waals surface area (Å²) in [7, 11) is 0. The van der Waals surface area contributed by atoms with Gasteiger partial charge in [-0.05, 0) is 37.1 Å². The number of hydrogen-bond donors (Lipinski definition) is 1. The van der Waals surface area contributed by atoms with Gasteiger partial charge in [0.25, 0.3) is 0 Å². The largest absolute Gasteiger partial charge is 0.411 e. The SMILES string of the molecule is ON=C1CCCn2c1ccc2-c1cnc2ccccc2c1. The number of hydrogen-bond acceptors (Lipinski definition) is 3. The Bertz CT molecular complexity index is 848. The van der Waals surface area contributed by atoms with Gasteiger partial charge in [0, 0.05) is 23.7 Å². The minimum absolute atomic E-state index is 0.765. The number of fused-ring (bicyclic) bond motifs is 2. The molecule has 4 rings (SSSR count). The smallest absolute Gasteiger partial charge is 0.103 e. The van der Waals surface area contributed by atoms with E-state index < -0.39 is 0 Å². The number of pyridine rings is 1. The Hall–Kier alpha value is -2.62. The van der Waals surface area contributed by atoms with Crippen LogP contribution in [0, 0.1) is 0 Å². The van der Waals surface area contributed by atoms with E-state index in [1.54, 1.807) is 0 Å². The Morgan fingerprint density at radius 3 is 2.86 bits per heavy atom. The molecule has 0 bridgehead atoms. The summed E-state index contributed by atoms with van der Waals surface area (Å²) in [5, 5.41) is 13.7. The summed E-state index contributed by atoms with van der Waals surface area (Å²) in [6.07, 6.45) is 3.74. The highest BCUT2D eigenvalue weighted by atomic mass is 16.4. The molecule has 2 aromatic heterocycles. The number of aromatic nitrogens is 2. The molecule has 4 heteroatoms. The lowest BCUT2D eigenvalue weighted by molar-refractivity contribution is 0.316. The van der Waals surface area contributed by atoms with E-state index in [9.17, 15) is 0 Å². The molecule has 0 aliphatic carbocycles. The summed E-state index contributed by atoms with van der Waals surface area (Å²) in [5.74, 6) is 0. The maximum atomic E-state index is 9.12. The predicted octanol–water partition coefficient (Wildman–Crippen LogP) is 3.68. The van der Waals surface area contributed by atoms with Crippen molar-refractivity contribution in [2.24, 2.45) is 5.16 Å². The molecule has 21 heavy (non-hydrogen) atoms. The first-order chi connectivity index (χ1) is 10.4. The lowest BCUT2D eigenvalue weighted by Gasteiger charge is -2.19. The molecule has 1 aliphatic heterocycles. The zero-order valence-electron chi connectivity index (χ0n) is 11.5. The van der Waals surface area contributed by atoms with Crippen molar-refractivity contribution in [2.75, 3.05) is 0 Å². The first kappa shape index (κ1) is 12.1. The number of para-hydroxylation sites is 1. The van der Waals surface area contributed by atoms with E-state index in [0.29, 0.717) is 0 Å². The van der Waals surface area contributed by atoms with Crippen molar-refractivity contribution in [3.05, 3.63) is 54.4 Å². The summed E-state index contributed by atoms with van der Waals surface area (Å²) >= 11 is 0. The Kier molecular flexibility index (Phi) is 2.74. The van der Waals surface area contributed by atoms with Crippen LogP contribution in [0.25, 0.3) is 22.2 Å². The molecule has 1 aromatic carbocycles. The van der Waals surface area contributed by atoms with Crippen LogP contribution in [0.2, 0.25) is 0 Å². The Morgan fingerprint density at radius 1 is 1.10 bits per heavy atom. The molecule has 1 N–H and O–H groups in total. The van der Waals surface area contributed by atoms with Gasteiger partial charge in [0.05, 0.1) is 16.9 Å². The zero-order chi connectivity index (χ0) is 14.2. The first-order valence-electron chi connectivity index (χ1n) is 7.13. The normalized spacial score (nSPS) is 16.3. The zero-order valence-corrected chi connectivity index (χ0v) is 11.5. The van der Waals surface area contributed by atoms with Crippen molar-refractivity contribution in [3.8, 4) is 11.3 Å². The number of oxime groups is 1. The molecule has 0 atom stereocenters. The van der Waals surface area contributed by atoms with Gasteiger partial charge in [-0.1, -0.05) is 23.4 Å². The van der Waals surface area contributed by atoms with Gasteiger partial charge in [-0.25, -0.2) is 0 Å². The first-order valence-corrected chi connectivity index (χ1v) is 7.13. The van der Waals surface area contributed by atoms with Crippen molar-refractivity contribution in [1.82, 2.24) is 9.55 Å². The van der Waals surface area contributed by atoms with Gasteiger partial charge in [-0.15, -0.1) is 0 Å². The van der Waals surface area contributed by atoms with E-state index in [4.69, 9.17) is 5.21 Å². The summed E-state index contributed by atoms with van der Waals surface area (Å²) in [6.45, 7) is 0.948. The van der Waals surface area contributed by atoms with Crippen LogP contribution in [0.4, 0.5) is 0 Å². The Morgan fingerprint density at radius 2 is 1.95 bits per heavy atom. The second-order valence-corrected chi connectivity index (χ2v) is 5.32. The molecule has 104 valence electrons. The summed E-state index contributed by atoms with van der Waals surface area (Å²) in [5.41, 5.74) is 5.00. The topological polar surface area (TPSA) is 50.4 Å². The van der Waals surface area contributed by atoms with Crippen molar-refractivity contribution < 1.29 is 5.21 Å². The van der Waals surface area contributed by atoms with Crippen molar-refractivity contribution in [2.45, 2.75) is 19.4 Å². The quantitative estimate of drug-likeness (QED) is 0.545. The molecule has 0 saturated carbocycles. The average molecular weight is 277 g/mol. The van der Waals surface area contributed by atoms with Crippen molar-refractivity contribution >= 4 is 16.6 Å². The van der Waals surface area contributed by atoms with E-state index in [1.165, 1.54) is 0 Å². The molecular formula is C17H15N3O. The van der Waals surface area contributed by atoms with E-state index in [2.05, 4.69) is 32.9 Å². The highest BCUT2D eigenvalue weighted by molar-refractivity contribution is 6.00. The van der Waals surface area contributed by atoms with Gasteiger partial charge in [-0.3, -0.25) is 4.98 Å². The molecule has 3 aromatic rings. The van der Waals surface area contributed by atoms with E-state index >= 15 is 0 Å². The van der Waals surface area contributed by atoms with Gasteiger partial charge < -0.3 is 9.77 Å². The summed E-state index contributed by atoms with van der Waals surface area (Å²) in [4.78, 5) is 4.53. The second kappa shape index (κ2) is 4.74. The maximum Gasteiger partial charge on any atom is 0.103 e. The molecule has 4 nitrogen and oxygen atoms in total. The van der Waals surface area contributed by atoms with Crippen LogP contribution in [0.15, 0.2) is 53.8 Å². The lowest BCUT2D eigenvalue weighted by atomic mass is 10.1. The summed E-state index contributed by atoms with van der Waals surface area (Å²) in [6, 6.07) is 14.4. The Balaban J connectivity index is 1.88. The van der Waals surface area contributed by atoms with Crippen LogP contribution in [0.1, 0.15) is 18.5 Å². The lowest BCUT2D eigenvalue weighted by Crippen LogP contribution is -2.17. The van der Waals surface area contributed by atoms with Crippen LogP contribution in [-0.2, 0) is 6.54 Å². The van der Waals surface area contributed by atoms with Gasteiger partial charge >= 0.3 is 0 Å². The van der Waals surface area contributed by atoms with Crippen LogP contribution in [0.3, 0.4) is 0 Å². The van der Waals surface area contributed by atoms with Gasteiger partial charge in [0.15, 0.2) is 0 Å². The van der Waals surface area contributed by atoms with Crippen molar-refractivity contribution in [1.29, 1.82) is 0 Å². The monoisotopic (exact) mass is 277 g/mol. The van der Waals surface area contributed by atoms with E-state index in [-0.39, 0.29) is 0 Å². The number of rotatable bonds is 1. The minimum Gasteiger partial charge on any atom is -0.411 e. The Labute approximate surface area is 122 Å². The third-order valence-electron chi connectivity index (χ3n) is 4.08. The molecule has 1 aliphatic rings. The predicted molar refractivity (Wildman–Crippen MR) is 82.7 cm³/mol. The molecule has 3 heterocycles. The molecule has 0 unspecified atom stereocenters. The van der Waals surface area contributed by atoms with Crippen LogP contribution < -0.4 is 0 Å². The van der Waals surface area contributed by atoms with E-state index in [0.717, 1.165) is 53.0 Å². The molecule has 0 saturated heterocycles. The molecule has 0 radical (unpaired) electrons. The second-order valence-electron chi connectivity index (χ2n) is 5.32. The van der Waals surface area contributed by atoms with Crippen LogP contribution in [0.5, 0.6) is 0 Å². The van der Waals surface area contributed by atoms with Gasteiger partial charge in [-0.2, -0.15) is 0 Å². The van der Waals surface area contributed by atoms with Crippen molar-refractivity contribution in [3.63, 3.8) is 0 Å². The van der Waals surface area contributed by atoms with E-state index in [1.807, 2.05) is 30.5 Å². The highest BCUT2D eigenvalue weighted by Gasteiger charge is 2.19. The summed E-state index contributed by atoms with van der Waals surface area (Å²) < 4.78 is 2.21. The van der Waals surface area contributed by atoms with Gasteiger partial charge in [0.1, 0.15) is 5.71 Å². The fourth-order valence-electron chi connectivity index (χ4n) is 3.06. The maximum absolute atomic E-state index is 9.12. The molecule has 0 fully saturated rings. The van der Waals surface area contributed by atoms with Crippen LogP contribution in [-0.4, -0.2) is 20.5 Å². The minimum atomic E-state index is 0.765. The molecular weight excluding hydrogens is 262 g/mol. The fourth-order valence-corrected chi connectivity index (χ4v) is 3.06. The standard InChI is InChI=1S/C17H15N3O/c21-19-15-6-3-9-20-16(7-8-17(15)20)13-10-12-4-1-2-5-14(12)18-11-13/h1-2,4-5,7-8,10-11,21H,3,6,9H2. The molecule has 0 spiro atoms. The number of benzene rings is 1. The third-order valence-corrected chi connectivity index (χ3v) is 4.08. The average Bonchev–Trinajstić information content (AvgIpc) is 2.98. The number of nitrogens with zero attached hydrogens (tertiary/aromatic N) is 3. The fraction of sp³-hybridized carbons (Fsp3) is 0.176. The third kappa shape index (κ3) is 1.91. The van der Waals surface area contributed by atoms with Crippen LogP contribution >= 0.6 is 0 Å².